The van der Waals surface area contributed by atoms with Gasteiger partial charge in [0.2, 0.25) is 0 Å². The van der Waals surface area contributed by atoms with Crippen LogP contribution in [0.4, 0.5) is 13.2 Å². The van der Waals surface area contributed by atoms with Crippen LogP contribution in [-0.2, 0) is 21.3 Å². The number of halogens is 3. The average molecular weight is 431 g/mol. The summed E-state index contributed by atoms with van der Waals surface area (Å²) in [6.45, 7) is 1.27. The normalized spacial score (nSPS) is 14.4. The molecule has 158 valence electrons. The van der Waals surface area contributed by atoms with E-state index >= 15 is 0 Å². The van der Waals surface area contributed by atoms with E-state index in [9.17, 15) is 26.4 Å². The number of pyridine rings is 1. The van der Waals surface area contributed by atoms with Crippen LogP contribution in [0.5, 0.6) is 0 Å². The first-order chi connectivity index (χ1) is 13.5. The minimum atomic E-state index is -5.57. The van der Waals surface area contributed by atoms with Gasteiger partial charge in [-0.3, -0.25) is 14.6 Å². The summed E-state index contributed by atoms with van der Waals surface area (Å²) in [5, 5.41) is 0. The van der Waals surface area contributed by atoms with E-state index in [0.29, 0.717) is 5.56 Å². The molecule has 2 atom stereocenters. The number of rotatable bonds is 8. The zero-order chi connectivity index (χ0) is 21.7. The molecule has 0 radical (unpaired) electrons. The van der Waals surface area contributed by atoms with Crippen molar-refractivity contribution < 1.29 is 31.2 Å². The van der Waals surface area contributed by atoms with Gasteiger partial charge in [0.05, 0.1) is 6.04 Å². The lowest BCUT2D eigenvalue weighted by molar-refractivity contribution is -0.0593. The number of alkyl halides is 3. The van der Waals surface area contributed by atoms with Crippen molar-refractivity contribution >= 4 is 15.9 Å². The highest BCUT2D eigenvalue weighted by molar-refractivity contribution is 7.90. The third-order valence-electron chi connectivity index (χ3n) is 4.31. The first-order valence-electron chi connectivity index (χ1n) is 8.48. The summed E-state index contributed by atoms with van der Waals surface area (Å²) >= 11 is 0. The lowest BCUT2D eigenvalue weighted by atomic mass is 10.0. The van der Waals surface area contributed by atoms with Gasteiger partial charge < -0.3 is 0 Å². The second kappa shape index (κ2) is 9.33. The van der Waals surface area contributed by atoms with Crippen LogP contribution in [0.25, 0.3) is 0 Å². The van der Waals surface area contributed by atoms with Crippen LogP contribution in [0.15, 0.2) is 54.9 Å². The molecule has 0 saturated carbocycles. The zero-order valence-electron chi connectivity index (χ0n) is 15.6. The van der Waals surface area contributed by atoms with E-state index in [0.717, 1.165) is 7.05 Å². The number of sulfonamides is 1. The molecule has 0 aliphatic carbocycles. The standard InChI is InChI=1S/C18H20F3N3O4S/c1-13(24(2)29(26,27)18(19,20)21)16(12-14-6-4-3-5-7-14)28-23-17(25)15-8-10-22-11-9-15/h3-11,13,16H,12H2,1-2H3,(H,23,25)/t13-,16?/m0/s1. The molecule has 1 N–H and O–H groups in total. The van der Waals surface area contributed by atoms with E-state index in [-0.39, 0.29) is 16.3 Å². The molecule has 1 aromatic heterocycles. The third-order valence-corrected chi connectivity index (χ3v) is 5.98. The number of nitrogens with one attached hydrogen (secondary N) is 1. The summed E-state index contributed by atoms with van der Waals surface area (Å²) in [4.78, 5) is 21.3. The second-order valence-corrected chi connectivity index (χ2v) is 8.21. The Hall–Kier alpha value is -2.50. The Balaban J connectivity index is 2.21. The summed E-state index contributed by atoms with van der Waals surface area (Å²) in [5.41, 5.74) is -2.36. The predicted octanol–water partition coefficient (Wildman–Crippen LogP) is 2.52. The average Bonchev–Trinajstić information content (AvgIpc) is 2.70. The van der Waals surface area contributed by atoms with Gasteiger partial charge in [-0.2, -0.15) is 17.5 Å². The van der Waals surface area contributed by atoms with Gasteiger partial charge in [0.15, 0.2) is 0 Å². The van der Waals surface area contributed by atoms with Crippen LogP contribution in [0.3, 0.4) is 0 Å². The van der Waals surface area contributed by atoms with Crippen LogP contribution >= 0.6 is 0 Å². The molecule has 11 heteroatoms. The molecule has 2 rings (SSSR count). The van der Waals surface area contributed by atoms with E-state index in [2.05, 4.69) is 10.5 Å². The van der Waals surface area contributed by atoms with E-state index in [1.54, 1.807) is 30.3 Å². The molecule has 29 heavy (non-hydrogen) atoms. The number of amides is 1. The number of aromatic nitrogens is 1. The highest BCUT2D eigenvalue weighted by atomic mass is 32.2. The maximum Gasteiger partial charge on any atom is 0.511 e. The molecule has 0 saturated heterocycles. The maximum absolute atomic E-state index is 12.9. The Morgan fingerprint density at radius 3 is 2.31 bits per heavy atom. The number of carbonyl (C=O) groups is 1. The summed E-state index contributed by atoms with van der Waals surface area (Å²) in [7, 11) is -4.75. The van der Waals surface area contributed by atoms with Crippen molar-refractivity contribution in [1.29, 1.82) is 0 Å². The third kappa shape index (κ3) is 5.75. The Morgan fingerprint density at radius 2 is 1.76 bits per heavy atom. The zero-order valence-corrected chi connectivity index (χ0v) is 16.4. The molecule has 0 aliphatic rings. The molecule has 0 bridgehead atoms. The quantitative estimate of drug-likeness (QED) is 0.649. The second-order valence-electron chi connectivity index (χ2n) is 6.22. The number of hydrogen-bond acceptors (Lipinski definition) is 5. The number of hydroxylamine groups is 1. The summed E-state index contributed by atoms with van der Waals surface area (Å²) < 4.78 is 62.5. The molecule has 1 aromatic carbocycles. The van der Waals surface area contributed by atoms with Crippen LogP contribution in [0, 0.1) is 0 Å². The van der Waals surface area contributed by atoms with Gasteiger partial charge in [-0.05, 0) is 24.6 Å². The molecular weight excluding hydrogens is 411 g/mol. The number of hydrogen-bond donors (Lipinski definition) is 1. The molecular formula is C18H20F3N3O4S. The summed E-state index contributed by atoms with van der Waals surface area (Å²) in [5.74, 6) is -0.640. The van der Waals surface area contributed by atoms with Crippen LogP contribution in [-0.4, -0.2) is 48.3 Å². The monoisotopic (exact) mass is 431 g/mol. The highest BCUT2D eigenvalue weighted by Crippen LogP contribution is 2.28. The Bertz CT molecular complexity index is 909. The summed E-state index contributed by atoms with van der Waals surface area (Å²) in [6, 6.07) is 10.3. The lowest BCUT2D eigenvalue weighted by Gasteiger charge is -2.31. The van der Waals surface area contributed by atoms with Gasteiger partial charge in [-0.25, -0.2) is 13.9 Å². The minimum Gasteiger partial charge on any atom is -0.268 e. The summed E-state index contributed by atoms with van der Waals surface area (Å²) in [6.07, 6.45) is 1.76. The largest absolute Gasteiger partial charge is 0.511 e. The van der Waals surface area contributed by atoms with Crippen molar-refractivity contribution in [3.05, 3.63) is 66.0 Å². The van der Waals surface area contributed by atoms with Gasteiger partial charge in [0.1, 0.15) is 6.10 Å². The smallest absolute Gasteiger partial charge is 0.268 e. The van der Waals surface area contributed by atoms with Crippen LogP contribution in [0.1, 0.15) is 22.8 Å². The lowest BCUT2D eigenvalue weighted by Crippen LogP contribution is -2.50. The number of benzene rings is 1. The fourth-order valence-electron chi connectivity index (χ4n) is 2.46. The van der Waals surface area contributed by atoms with E-state index in [1.165, 1.54) is 31.5 Å². The van der Waals surface area contributed by atoms with Gasteiger partial charge in [0, 0.05) is 31.4 Å². The number of nitrogens with zero attached hydrogens (tertiary/aromatic N) is 2. The van der Waals surface area contributed by atoms with Crippen molar-refractivity contribution in [2.75, 3.05) is 7.05 Å². The predicted molar refractivity (Wildman–Crippen MR) is 98.9 cm³/mol. The fraction of sp³-hybridized carbons (Fsp3) is 0.333. The topological polar surface area (TPSA) is 88.6 Å². The van der Waals surface area contributed by atoms with Crippen molar-refractivity contribution in [2.45, 2.75) is 31.0 Å². The van der Waals surface area contributed by atoms with Gasteiger partial charge in [-0.1, -0.05) is 30.3 Å². The molecule has 1 amide bonds. The number of carbonyl (C=O) groups excluding carboxylic acids is 1. The van der Waals surface area contributed by atoms with Gasteiger partial charge in [-0.15, -0.1) is 0 Å². The maximum atomic E-state index is 12.9. The number of likely N-dealkylation sites (N-methyl/N-ethyl adjacent to an activating group) is 1. The Labute approximate surface area is 166 Å². The highest BCUT2D eigenvalue weighted by Gasteiger charge is 2.50. The molecule has 0 fully saturated rings. The molecule has 2 aromatic rings. The molecule has 1 heterocycles. The molecule has 7 nitrogen and oxygen atoms in total. The van der Waals surface area contributed by atoms with Crippen molar-refractivity contribution in [3.8, 4) is 0 Å². The minimum absolute atomic E-state index is 0.0658. The Morgan fingerprint density at radius 1 is 1.17 bits per heavy atom. The SMILES string of the molecule is C[C@@H](C(Cc1ccccc1)ONC(=O)c1ccncc1)N(C)S(=O)(=O)C(F)(F)F. The van der Waals surface area contributed by atoms with Gasteiger partial charge >= 0.3 is 15.5 Å². The first kappa shape index (κ1) is 22.8. The van der Waals surface area contributed by atoms with E-state index in [1.807, 2.05) is 0 Å². The Kier molecular flexibility index (Phi) is 7.33. The van der Waals surface area contributed by atoms with Crippen LogP contribution < -0.4 is 5.48 Å². The van der Waals surface area contributed by atoms with Crippen molar-refractivity contribution in [2.24, 2.45) is 0 Å². The first-order valence-corrected chi connectivity index (χ1v) is 9.92. The van der Waals surface area contributed by atoms with E-state index in [4.69, 9.17) is 4.84 Å². The van der Waals surface area contributed by atoms with Gasteiger partial charge in [0.25, 0.3) is 5.91 Å². The van der Waals surface area contributed by atoms with E-state index < -0.39 is 33.6 Å². The van der Waals surface area contributed by atoms with Crippen molar-refractivity contribution in [3.63, 3.8) is 0 Å². The van der Waals surface area contributed by atoms with Crippen LogP contribution in [0.2, 0.25) is 0 Å². The van der Waals surface area contributed by atoms with Crippen molar-refractivity contribution in [1.82, 2.24) is 14.8 Å². The fourth-order valence-corrected chi connectivity index (χ4v) is 3.36. The molecule has 0 spiro atoms. The molecule has 0 aliphatic heterocycles. The molecule has 1 unspecified atom stereocenters.